The zero-order valence-electron chi connectivity index (χ0n) is 13.4. The lowest BCUT2D eigenvalue weighted by Crippen LogP contribution is -2.23. The lowest BCUT2D eigenvalue weighted by molar-refractivity contribution is -0.119. The minimum Gasteiger partial charge on any atom is -0.497 e. The molecular formula is C18H18ClNO4. The van der Waals surface area contributed by atoms with Gasteiger partial charge in [-0.25, -0.2) is 4.79 Å². The molecule has 1 unspecified atom stereocenters. The Balaban J connectivity index is 2.10. The minimum absolute atomic E-state index is 0.0376. The Bertz CT molecular complexity index is 760. The third kappa shape index (κ3) is 4.49. The first-order chi connectivity index (χ1) is 11.4. The maximum absolute atomic E-state index is 12.4. The monoisotopic (exact) mass is 347 g/mol. The van der Waals surface area contributed by atoms with Crippen LogP contribution in [0.4, 0.5) is 5.69 Å². The Kier molecular flexibility index (Phi) is 5.82. The number of hydrogen-bond acceptors (Lipinski definition) is 3. The number of benzene rings is 2. The zero-order valence-corrected chi connectivity index (χ0v) is 14.1. The lowest BCUT2D eigenvalue weighted by atomic mass is 10.00. The maximum atomic E-state index is 12.4. The summed E-state index contributed by atoms with van der Waals surface area (Å²) in [7, 11) is 1.59. The van der Waals surface area contributed by atoms with E-state index in [2.05, 4.69) is 5.32 Å². The molecule has 0 fully saturated rings. The summed E-state index contributed by atoms with van der Waals surface area (Å²) in [5, 5.41) is 12.2. The number of carbonyl (C=O) groups excluding carboxylic acids is 1. The highest BCUT2D eigenvalue weighted by molar-refractivity contribution is 6.31. The number of nitrogens with one attached hydrogen (secondary N) is 1. The van der Waals surface area contributed by atoms with Crippen molar-refractivity contribution in [3.8, 4) is 5.75 Å². The van der Waals surface area contributed by atoms with Crippen LogP contribution in [0.15, 0.2) is 42.5 Å². The number of methoxy groups -OCH3 is 1. The van der Waals surface area contributed by atoms with Gasteiger partial charge in [0.25, 0.3) is 0 Å². The Labute approximate surface area is 145 Å². The van der Waals surface area contributed by atoms with Crippen molar-refractivity contribution in [2.45, 2.75) is 13.3 Å². The number of carbonyl (C=O) groups is 2. The number of carboxylic acids is 1. The maximum Gasteiger partial charge on any atom is 0.337 e. The molecule has 0 spiro atoms. The standard InChI is InChI=1S/C18H18ClNO4/c1-11(8-12-4-3-5-14(9-12)24-2)17(21)20-16-7-6-13(19)10-15(16)18(22)23/h3-7,9-11H,8H2,1-2H3,(H,20,21)(H,22,23). The van der Waals surface area contributed by atoms with Gasteiger partial charge >= 0.3 is 5.97 Å². The number of amides is 1. The predicted molar refractivity (Wildman–Crippen MR) is 92.9 cm³/mol. The van der Waals surface area contributed by atoms with Crippen LogP contribution in [-0.2, 0) is 11.2 Å². The van der Waals surface area contributed by atoms with Gasteiger partial charge in [-0.05, 0) is 42.3 Å². The van der Waals surface area contributed by atoms with E-state index in [4.69, 9.17) is 16.3 Å². The molecule has 2 aromatic rings. The molecule has 5 nitrogen and oxygen atoms in total. The second kappa shape index (κ2) is 7.84. The lowest BCUT2D eigenvalue weighted by Gasteiger charge is -2.14. The van der Waals surface area contributed by atoms with Crippen molar-refractivity contribution in [3.05, 3.63) is 58.6 Å². The number of halogens is 1. The first-order valence-corrected chi connectivity index (χ1v) is 7.75. The molecule has 2 rings (SSSR count). The van der Waals surface area contributed by atoms with Gasteiger partial charge in [0.05, 0.1) is 18.4 Å². The van der Waals surface area contributed by atoms with Crippen molar-refractivity contribution in [1.82, 2.24) is 0 Å². The highest BCUT2D eigenvalue weighted by Gasteiger charge is 2.18. The molecule has 0 aliphatic heterocycles. The van der Waals surface area contributed by atoms with E-state index in [9.17, 15) is 14.7 Å². The molecule has 0 saturated heterocycles. The molecule has 0 bridgehead atoms. The Morgan fingerprint density at radius 3 is 2.67 bits per heavy atom. The van der Waals surface area contributed by atoms with Gasteiger partial charge in [0.2, 0.25) is 5.91 Å². The van der Waals surface area contributed by atoms with Crippen LogP contribution in [0, 0.1) is 5.92 Å². The Morgan fingerprint density at radius 1 is 1.25 bits per heavy atom. The molecule has 126 valence electrons. The van der Waals surface area contributed by atoms with Crippen LogP contribution in [0.5, 0.6) is 5.75 Å². The van der Waals surface area contributed by atoms with Crippen molar-refractivity contribution < 1.29 is 19.4 Å². The molecule has 0 aromatic heterocycles. The second-order valence-corrected chi connectivity index (χ2v) is 5.88. The number of aromatic carboxylic acids is 1. The summed E-state index contributed by atoms with van der Waals surface area (Å²) in [4.78, 5) is 23.6. The van der Waals surface area contributed by atoms with Crippen molar-refractivity contribution in [2.24, 2.45) is 5.92 Å². The van der Waals surface area contributed by atoms with Gasteiger partial charge in [-0.2, -0.15) is 0 Å². The highest BCUT2D eigenvalue weighted by atomic mass is 35.5. The van der Waals surface area contributed by atoms with Crippen molar-refractivity contribution in [2.75, 3.05) is 12.4 Å². The topological polar surface area (TPSA) is 75.6 Å². The average molecular weight is 348 g/mol. The van der Waals surface area contributed by atoms with Gasteiger partial charge in [0, 0.05) is 10.9 Å². The number of hydrogen-bond donors (Lipinski definition) is 2. The summed E-state index contributed by atoms with van der Waals surface area (Å²) in [5.41, 5.74) is 1.16. The number of carboxylic acid groups (broad SMARTS) is 1. The predicted octanol–water partition coefficient (Wildman–Crippen LogP) is 3.86. The van der Waals surface area contributed by atoms with E-state index in [0.717, 1.165) is 11.3 Å². The zero-order chi connectivity index (χ0) is 17.7. The molecule has 0 aliphatic carbocycles. The summed E-state index contributed by atoms with van der Waals surface area (Å²) in [6.45, 7) is 1.78. The van der Waals surface area contributed by atoms with E-state index in [1.807, 2.05) is 24.3 Å². The number of anilines is 1. The molecule has 2 aromatic carbocycles. The molecule has 1 amide bonds. The second-order valence-electron chi connectivity index (χ2n) is 5.44. The minimum atomic E-state index is -1.15. The number of ether oxygens (including phenoxy) is 1. The van der Waals surface area contributed by atoms with Crippen LogP contribution in [0.1, 0.15) is 22.8 Å². The molecule has 2 N–H and O–H groups in total. The summed E-state index contributed by atoms with van der Waals surface area (Å²) in [5.74, 6) is -1.02. The largest absolute Gasteiger partial charge is 0.497 e. The molecular weight excluding hydrogens is 330 g/mol. The van der Waals surface area contributed by atoms with E-state index in [1.54, 1.807) is 14.0 Å². The molecule has 24 heavy (non-hydrogen) atoms. The fourth-order valence-corrected chi connectivity index (χ4v) is 2.48. The Morgan fingerprint density at radius 2 is 2.00 bits per heavy atom. The van der Waals surface area contributed by atoms with Gasteiger partial charge in [0.1, 0.15) is 5.75 Å². The fourth-order valence-electron chi connectivity index (χ4n) is 2.30. The average Bonchev–Trinajstić information content (AvgIpc) is 2.56. The molecule has 0 heterocycles. The molecule has 6 heteroatoms. The normalized spacial score (nSPS) is 11.6. The quantitative estimate of drug-likeness (QED) is 0.831. The third-order valence-electron chi connectivity index (χ3n) is 3.59. The summed E-state index contributed by atoms with van der Waals surface area (Å²) in [6, 6.07) is 11.8. The van der Waals surface area contributed by atoms with Crippen LogP contribution in [0.3, 0.4) is 0 Å². The van der Waals surface area contributed by atoms with Gasteiger partial charge < -0.3 is 15.2 Å². The van der Waals surface area contributed by atoms with E-state index in [1.165, 1.54) is 18.2 Å². The van der Waals surface area contributed by atoms with Crippen LogP contribution < -0.4 is 10.1 Å². The van der Waals surface area contributed by atoms with Gasteiger partial charge in [-0.15, -0.1) is 0 Å². The third-order valence-corrected chi connectivity index (χ3v) is 3.83. The van der Waals surface area contributed by atoms with Crippen molar-refractivity contribution in [3.63, 3.8) is 0 Å². The van der Waals surface area contributed by atoms with Crippen LogP contribution in [0.25, 0.3) is 0 Å². The molecule has 0 radical (unpaired) electrons. The highest BCUT2D eigenvalue weighted by Crippen LogP contribution is 2.22. The fraction of sp³-hybridized carbons (Fsp3) is 0.222. The van der Waals surface area contributed by atoms with E-state index in [-0.39, 0.29) is 23.1 Å². The first kappa shape index (κ1) is 17.8. The first-order valence-electron chi connectivity index (χ1n) is 7.37. The van der Waals surface area contributed by atoms with Crippen LogP contribution in [-0.4, -0.2) is 24.1 Å². The van der Waals surface area contributed by atoms with Crippen LogP contribution in [0.2, 0.25) is 5.02 Å². The van der Waals surface area contributed by atoms with E-state index < -0.39 is 5.97 Å². The van der Waals surface area contributed by atoms with Gasteiger partial charge in [-0.1, -0.05) is 30.7 Å². The van der Waals surface area contributed by atoms with Crippen LogP contribution >= 0.6 is 11.6 Å². The summed E-state index contributed by atoms with van der Waals surface area (Å²) < 4.78 is 5.17. The Hall–Kier alpha value is -2.53. The summed E-state index contributed by atoms with van der Waals surface area (Å²) >= 11 is 5.81. The van der Waals surface area contributed by atoms with Gasteiger partial charge in [-0.3, -0.25) is 4.79 Å². The van der Waals surface area contributed by atoms with Crippen molar-refractivity contribution >= 4 is 29.2 Å². The smallest absolute Gasteiger partial charge is 0.337 e. The molecule has 0 saturated carbocycles. The summed E-state index contributed by atoms with van der Waals surface area (Å²) in [6.07, 6.45) is 0.513. The van der Waals surface area contributed by atoms with E-state index >= 15 is 0 Å². The number of rotatable bonds is 6. The molecule has 0 aliphatic rings. The van der Waals surface area contributed by atoms with Crippen molar-refractivity contribution in [1.29, 1.82) is 0 Å². The van der Waals surface area contributed by atoms with E-state index in [0.29, 0.717) is 11.4 Å². The molecule has 1 atom stereocenters. The van der Waals surface area contributed by atoms with Gasteiger partial charge in [0.15, 0.2) is 0 Å². The SMILES string of the molecule is COc1cccc(CC(C)C(=O)Nc2ccc(Cl)cc2C(=O)O)c1.